The first-order valence-electron chi connectivity index (χ1n) is 14.4. The van der Waals surface area contributed by atoms with Crippen LogP contribution in [0.15, 0.2) is 59.6 Å². The predicted molar refractivity (Wildman–Crippen MR) is 166 cm³/mol. The summed E-state index contributed by atoms with van der Waals surface area (Å²) >= 11 is 0. The molecule has 13 N–H and O–H groups in total. The molecule has 0 bridgehead atoms. The fraction of sp³-hybridized carbons (Fsp3) is 0.433. The van der Waals surface area contributed by atoms with E-state index in [2.05, 4.69) is 20.9 Å². The topological polar surface area (TPSA) is 247 Å². The van der Waals surface area contributed by atoms with Crippen LogP contribution in [0.3, 0.4) is 0 Å². The second kappa shape index (κ2) is 18.8. The van der Waals surface area contributed by atoms with E-state index in [-0.39, 0.29) is 37.7 Å². The number of hydrogen-bond acceptors (Lipinski definition) is 7. The maximum Gasteiger partial charge on any atom is 0.243 e. The third-order valence-corrected chi connectivity index (χ3v) is 6.74. The average molecular weight is 596 g/mol. The molecule has 0 fully saturated rings. The van der Waals surface area contributed by atoms with E-state index in [4.69, 9.17) is 28.7 Å². The minimum Gasteiger partial charge on any atom is -0.370 e. The molecule has 0 heterocycles. The van der Waals surface area contributed by atoms with E-state index in [1.54, 1.807) is 0 Å². The molecule has 0 aliphatic carbocycles. The van der Waals surface area contributed by atoms with Crippen molar-refractivity contribution < 1.29 is 19.2 Å². The van der Waals surface area contributed by atoms with E-state index < -0.39 is 35.8 Å². The van der Waals surface area contributed by atoms with E-state index in [1.165, 1.54) is 0 Å². The summed E-state index contributed by atoms with van der Waals surface area (Å²) in [4.78, 5) is 55.9. The van der Waals surface area contributed by atoms with Crippen LogP contribution in [0.25, 0.3) is 0 Å². The third-order valence-electron chi connectivity index (χ3n) is 6.74. The summed E-state index contributed by atoms with van der Waals surface area (Å²) < 4.78 is 0. The van der Waals surface area contributed by atoms with Crippen molar-refractivity contribution in [2.75, 3.05) is 13.1 Å². The Kier molecular flexibility index (Phi) is 15.2. The van der Waals surface area contributed by atoms with Crippen LogP contribution in [0, 0.1) is 0 Å². The summed E-state index contributed by atoms with van der Waals surface area (Å²) in [5.41, 5.74) is 30.1. The van der Waals surface area contributed by atoms with Gasteiger partial charge in [-0.05, 0) is 55.3 Å². The van der Waals surface area contributed by atoms with E-state index in [9.17, 15) is 19.2 Å². The van der Waals surface area contributed by atoms with Crippen molar-refractivity contribution in [3.05, 3.63) is 71.3 Å². The highest BCUT2D eigenvalue weighted by atomic mass is 16.2. The molecule has 234 valence electrons. The molecule has 0 radical (unpaired) electrons. The zero-order chi connectivity index (χ0) is 31.6. The van der Waals surface area contributed by atoms with Gasteiger partial charge in [0.15, 0.2) is 5.96 Å². The van der Waals surface area contributed by atoms with Crippen LogP contribution in [0.1, 0.15) is 48.8 Å². The molecule has 0 aromatic heterocycles. The van der Waals surface area contributed by atoms with Gasteiger partial charge in [0.05, 0.1) is 6.42 Å². The Labute approximate surface area is 252 Å². The Morgan fingerprint density at radius 1 is 0.674 bits per heavy atom. The lowest BCUT2D eigenvalue weighted by molar-refractivity contribution is -0.133. The van der Waals surface area contributed by atoms with Crippen molar-refractivity contribution in [3.63, 3.8) is 0 Å². The van der Waals surface area contributed by atoms with Gasteiger partial charge in [0.2, 0.25) is 23.6 Å². The summed E-state index contributed by atoms with van der Waals surface area (Å²) in [7, 11) is 0. The van der Waals surface area contributed by atoms with E-state index in [0.29, 0.717) is 38.8 Å². The maximum absolute atomic E-state index is 13.5. The van der Waals surface area contributed by atoms with Gasteiger partial charge in [-0.2, -0.15) is 0 Å². The average Bonchev–Trinajstić information content (AvgIpc) is 2.98. The summed E-state index contributed by atoms with van der Waals surface area (Å²) in [5, 5.41) is 8.25. The quantitative estimate of drug-likeness (QED) is 0.0570. The van der Waals surface area contributed by atoms with Gasteiger partial charge < -0.3 is 44.6 Å². The molecule has 0 saturated heterocycles. The van der Waals surface area contributed by atoms with E-state index in [1.807, 2.05) is 54.6 Å². The number of nitrogens with one attached hydrogen (secondary N) is 3. The summed E-state index contributed by atoms with van der Waals surface area (Å²) in [6, 6.07) is 13.5. The molecule has 13 nitrogen and oxygen atoms in total. The molecular weight excluding hydrogens is 550 g/mol. The second-order valence-corrected chi connectivity index (χ2v) is 10.3. The van der Waals surface area contributed by atoms with Crippen LogP contribution in [0.2, 0.25) is 0 Å². The molecule has 2 rings (SSSR count). The molecule has 0 unspecified atom stereocenters. The van der Waals surface area contributed by atoms with Gasteiger partial charge in [-0.1, -0.05) is 54.6 Å². The number of rotatable bonds is 19. The Balaban J connectivity index is 2.22. The van der Waals surface area contributed by atoms with Gasteiger partial charge in [0, 0.05) is 19.5 Å². The number of primary amides is 1. The van der Waals surface area contributed by atoms with Gasteiger partial charge in [0.25, 0.3) is 0 Å². The maximum atomic E-state index is 13.5. The molecule has 0 spiro atoms. The molecule has 0 aliphatic rings. The highest BCUT2D eigenvalue weighted by Crippen LogP contribution is 2.10. The minimum atomic E-state index is -1.07. The standard InChI is InChI=1S/C30H45N9O4/c31-15-5-4-9-24(37-26(40)18-20-7-2-1-3-8-20)28(42)39-25(17-21-11-13-22(19-32)14-12-21)29(43)38-23(27(33)41)10-6-16-36-30(34)35/h1-3,7-8,11-14,23-25H,4-6,9-10,15-19,31-32H2,(H2,33,41)(H,37,40)(H,38,43)(H,39,42)(H4,34,35,36)/t23-,24-,25-/m0/s1. The lowest BCUT2D eigenvalue weighted by Gasteiger charge is -2.25. The van der Waals surface area contributed by atoms with E-state index in [0.717, 1.165) is 16.7 Å². The van der Waals surface area contributed by atoms with Gasteiger partial charge >= 0.3 is 0 Å². The number of aliphatic imine (C=N–C) groups is 1. The smallest absolute Gasteiger partial charge is 0.243 e. The lowest BCUT2D eigenvalue weighted by atomic mass is 10.0. The summed E-state index contributed by atoms with van der Waals surface area (Å²) in [5.74, 6) is -2.27. The van der Waals surface area contributed by atoms with Gasteiger partial charge in [-0.25, -0.2) is 0 Å². The Morgan fingerprint density at radius 2 is 1.28 bits per heavy atom. The molecule has 13 heteroatoms. The fourth-order valence-electron chi connectivity index (χ4n) is 4.38. The largest absolute Gasteiger partial charge is 0.370 e. The van der Waals surface area contributed by atoms with Crippen molar-refractivity contribution in [1.82, 2.24) is 16.0 Å². The number of hydrogen-bond donors (Lipinski definition) is 8. The number of carbonyl (C=O) groups excluding carboxylic acids is 4. The number of guanidine groups is 1. The van der Waals surface area contributed by atoms with Crippen LogP contribution in [-0.2, 0) is 38.6 Å². The van der Waals surface area contributed by atoms with Crippen molar-refractivity contribution >= 4 is 29.6 Å². The SMILES string of the molecule is NCCCC[C@H](NC(=O)Cc1ccccc1)C(=O)N[C@@H](Cc1ccc(CN)cc1)C(=O)N[C@@H](CCCN=C(N)N)C(N)=O. The first-order valence-corrected chi connectivity index (χ1v) is 14.4. The number of nitrogens with two attached hydrogens (primary N) is 5. The van der Waals surface area contributed by atoms with Crippen LogP contribution in [0.5, 0.6) is 0 Å². The number of amides is 4. The molecule has 2 aromatic rings. The predicted octanol–water partition coefficient (Wildman–Crippen LogP) is -0.947. The van der Waals surface area contributed by atoms with Crippen LogP contribution < -0.4 is 44.6 Å². The molecule has 3 atom stereocenters. The van der Waals surface area contributed by atoms with Gasteiger partial charge in [-0.15, -0.1) is 0 Å². The number of nitrogens with zero attached hydrogens (tertiary/aromatic N) is 1. The first-order chi connectivity index (χ1) is 20.6. The minimum absolute atomic E-state index is 0.0834. The van der Waals surface area contributed by atoms with Crippen LogP contribution in [0.4, 0.5) is 0 Å². The summed E-state index contributed by atoms with van der Waals surface area (Å²) in [6.07, 6.45) is 2.39. The Bertz CT molecular complexity index is 1200. The normalized spacial score (nSPS) is 12.8. The molecule has 2 aromatic carbocycles. The molecule has 43 heavy (non-hydrogen) atoms. The van der Waals surface area contributed by atoms with Crippen LogP contribution in [-0.4, -0.2) is 60.8 Å². The van der Waals surface area contributed by atoms with Crippen LogP contribution >= 0.6 is 0 Å². The second-order valence-electron chi connectivity index (χ2n) is 10.3. The van der Waals surface area contributed by atoms with Crippen molar-refractivity contribution in [3.8, 4) is 0 Å². The third kappa shape index (κ3) is 13.4. The fourth-order valence-corrected chi connectivity index (χ4v) is 4.38. The Hall–Kier alpha value is -4.49. The number of benzene rings is 2. The zero-order valence-corrected chi connectivity index (χ0v) is 24.5. The summed E-state index contributed by atoms with van der Waals surface area (Å²) in [6.45, 7) is 1.05. The van der Waals surface area contributed by atoms with Crippen molar-refractivity contribution in [2.45, 2.75) is 69.6 Å². The highest BCUT2D eigenvalue weighted by Gasteiger charge is 2.29. The van der Waals surface area contributed by atoms with Gasteiger partial charge in [0.1, 0.15) is 18.1 Å². The monoisotopic (exact) mass is 595 g/mol. The zero-order valence-electron chi connectivity index (χ0n) is 24.5. The molecule has 0 aliphatic heterocycles. The molecule has 4 amide bonds. The highest BCUT2D eigenvalue weighted by molar-refractivity contribution is 5.94. The molecule has 0 saturated carbocycles. The lowest BCUT2D eigenvalue weighted by Crippen LogP contribution is -2.57. The Morgan fingerprint density at radius 3 is 1.88 bits per heavy atom. The van der Waals surface area contributed by atoms with Crippen molar-refractivity contribution in [2.24, 2.45) is 33.7 Å². The number of unbranched alkanes of at least 4 members (excludes halogenated alkanes) is 1. The van der Waals surface area contributed by atoms with Gasteiger partial charge in [-0.3, -0.25) is 24.2 Å². The van der Waals surface area contributed by atoms with Crippen molar-refractivity contribution in [1.29, 1.82) is 0 Å². The first kappa shape index (κ1) is 34.7. The molecular formula is C30H45N9O4. The number of carbonyl (C=O) groups is 4. The van der Waals surface area contributed by atoms with E-state index >= 15 is 0 Å².